The Morgan fingerprint density at radius 1 is 1.27 bits per heavy atom. The minimum absolute atomic E-state index is 0.0222. The van der Waals surface area contributed by atoms with Crippen LogP contribution in [0.4, 0.5) is 4.79 Å². The Morgan fingerprint density at radius 3 is 2.45 bits per heavy atom. The Bertz CT molecular complexity index is 604. The van der Waals surface area contributed by atoms with E-state index in [0.717, 1.165) is 12.7 Å². The largest absolute Gasteiger partial charge is 0.467 e. The molecule has 0 fully saturated rings. The van der Waals surface area contributed by atoms with Crippen molar-refractivity contribution in [1.82, 2.24) is 5.32 Å². The lowest BCUT2D eigenvalue weighted by atomic mass is 10.2. The van der Waals surface area contributed by atoms with E-state index >= 15 is 0 Å². The first kappa shape index (κ1) is 18.2. The van der Waals surface area contributed by atoms with E-state index in [9.17, 15) is 18.0 Å². The summed E-state index contributed by atoms with van der Waals surface area (Å²) in [6, 6.07) is 7.79. The third-order valence-electron chi connectivity index (χ3n) is 2.64. The molecule has 0 saturated heterocycles. The van der Waals surface area contributed by atoms with Crippen molar-refractivity contribution in [3.63, 3.8) is 0 Å². The van der Waals surface area contributed by atoms with E-state index < -0.39 is 32.9 Å². The number of methoxy groups -OCH3 is 1. The van der Waals surface area contributed by atoms with Crippen LogP contribution in [0.5, 0.6) is 0 Å². The van der Waals surface area contributed by atoms with Gasteiger partial charge in [-0.3, -0.25) is 0 Å². The molecule has 1 rings (SSSR count). The molecular formula is C13H16ClNO6S. The van der Waals surface area contributed by atoms with Gasteiger partial charge in [0.25, 0.3) is 0 Å². The molecule has 122 valence electrons. The number of amides is 1. The lowest BCUT2D eigenvalue weighted by molar-refractivity contribution is -0.143. The molecule has 0 saturated carbocycles. The molecule has 0 radical (unpaired) electrons. The van der Waals surface area contributed by atoms with E-state index in [2.05, 4.69) is 10.1 Å². The normalized spacial score (nSPS) is 12.3. The number of halogens is 1. The number of esters is 1. The van der Waals surface area contributed by atoms with Gasteiger partial charge in [0.1, 0.15) is 12.6 Å². The van der Waals surface area contributed by atoms with E-state index in [1.165, 1.54) is 0 Å². The highest BCUT2D eigenvalue weighted by atomic mass is 35.7. The number of alkyl carbamates (subject to hydrolysis) is 1. The molecule has 0 bridgehead atoms. The summed E-state index contributed by atoms with van der Waals surface area (Å²) in [7, 11) is 2.43. The van der Waals surface area contributed by atoms with Crippen LogP contribution >= 0.6 is 10.7 Å². The molecule has 0 spiro atoms. The number of hydrogen-bond acceptors (Lipinski definition) is 6. The molecule has 1 N–H and O–H groups in total. The fraction of sp³-hybridized carbons (Fsp3) is 0.385. The van der Waals surface area contributed by atoms with Crippen molar-refractivity contribution in [2.45, 2.75) is 19.1 Å². The summed E-state index contributed by atoms with van der Waals surface area (Å²) in [4.78, 5) is 23.2. The maximum atomic E-state index is 11.6. The number of nitrogens with one attached hydrogen (secondary N) is 1. The molecule has 0 aliphatic heterocycles. The molecule has 0 heterocycles. The van der Waals surface area contributed by atoms with E-state index in [0.29, 0.717) is 0 Å². The van der Waals surface area contributed by atoms with Crippen LogP contribution < -0.4 is 5.32 Å². The van der Waals surface area contributed by atoms with Crippen LogP contribution in [-0.4, -0.2) is 39.4 Å². The second kappa shape index (κ2) is 8.60. The molecule has 9 heteroatoms. The second-order valence-electron chi connectivity index (χ2n) is 4.31. The molecule has 0 aromatic heterocycles. The van der Waals surface area contributed by atoms with E-state index in [4.69, 9.17) is 15.4 Å². The van der Waals surface area contributed by atoms with Crippen LogP contribution in [0.25, 0.3) is 0 Å². The smallest absolute Gasteiger partial charge is 0.408 e. The van der Waals surface area contributed by atoms with Gasteiger partial charge in [-0.1, -0.05) is 30.3 Å². The van der Waals surface area contributed by atoms with Crippen molar-refractivity contribution in [2.24, 2.45) is 0 Å². The second-order valence-corrected chi connectivity index (χ2v) is 7.21. The fourth-order valence-electron chi connectivity index (χ4n) is 1.56. The number of carbonyl (C=O) groups is 2. The van der Waals surface area contributed by atoms with E-state index in [-0.39, 0.29) is 13.0 Å². The van der Waals surface area contributed by atoms with E-state index in [1.54, 1.807) is 24.3 Å². The summed E-state index contributed by atoms with van der Waals surface area (Å²) in [6.07, 6.45) is -1.06. The molecule has 1 atom stereocenters. The third kappa shape index (κ3) is 7.28. The minimum Gasteiger partial charge on any atom is -0.467 e. The van der Waals surface area contributed by atoms with Crippen LogP contribution in [0.3, 0.4) is 0 Å². The predicted octanol–water partition coefficient (Wildman–Crippen LogP) is 1.41. The monoisotopic (exact) mass is 349 g/mol. The highest BCUT2D eigenvalue weighted by molar-refractivity contribution is 8.13. The Labute approximate surface area is 133 Å². The van der Waals surface area contributed by atoms with Crippen molar-refractivity contribution in [3.05, 3.63) is 35.9 Å². The van der Waals surface area contributed by atoms with Gasteiger partial charge in [-0.25, -0.2) is 18.0 Å². The number of benzene rings is 1. The molecule has 7 nitrogen and oxygen atoms in total. The molecule has 22 heavy (non-hydrogen) atoms. The lowest BCUT2D eigenvalue weighted by Gasteiger charge is -2.15. The number of rotatable bonds is 7. The molecule has 0 aliphatic rings. The first-order valence-corrected chi connectivity index (χ1v) is 8.77. The van der Waals surface area contributed by atoms with Crippen LogP contribution in [0.2, 0.25) is 0 Å². The predicted molar refractivity (Wildman–Crippen MR) is 79.8 cm³/mol. The Kier molecular flexibility index (Phi) is 7.13. The topological polar surface area (TPSA) is 98.8 Å². The van der Waals surface area contributed by atoms with Crippen LogP contribution in [0, 0.1) is 0 Å². The van der Waals surface area contributed by atoms with Gasteiger partial charge in [-0.2, -0.15) is 0 Å². The van der Waals surface area contributed by atoms with Crippen LogP contribution in [-0.2, 0) is 29.9 Å². The standard InChI is InChI=1S/C13H16ClNO6S/c1-20-12(16)11(7-8-22(14,18)19)15-13(17)21-9-10-5-3-2-4-6-10/h2-6,11H,7-9H2,1H3,(H,15,17)/t11-/m0/s1. The number of ether oxygens (including phenoxy) is 2. The van der Waals surface area contributed by atoms with Gasteiger partial charge < -0.3 is 14.8 Å². The van der Waals surface area contributed by atoms with Crippen molar-refractivity contribution < 1.29 is 27.5 Å². The van der Waals surface area contributed by atoms with Gasteiger partial charge >= 0.3 is 12.1 Å². The zero-order chi connectivity index (χ0) is 16.6. The Hall–Kier alpha value is -1.80. The van der Waals surface area contributed by atoms with Gasteiger partial charge in [0.05, 0.1) is 12.9 Å². The van der Waals surface area contributed by atoms with Gasteiger partial charge in [0, 0.05) is 10.7 Å². The average Bonchev–Trinajstić information content (AvgIpc) is 2.48. The summed E-state index contributed by atoms with van der Waals surface area (Å²) in [6.45, 7) is 0.0222. The summed E-state index contributed by atoms with van der Waals surface area (Å²) < 4.78 is 31.3. The average molecular weight is 350 g/mol. The van der Waals surface area contributed by atoms with Gasteiger partial charge in [-0.15, -0.1) is 0 Å². The maximum Gasteiger partial charge on any atom is 0.408 e. The molecular weight excluding hydrogens is 334 g/mol. The van der Waals surface area contributed by atoms with Crippen molar-refractivity contribution in [2.75, 3.05) is 12.9 Å². The third-order valence-corrected chi connectivity index (χ3v) is 3.83. The zero-order valence-corrected chi connectivity index (χ0v) is 13.4. The van der Waals surface area contributed by atoms with Crippen LogP contribution in [0.15, 0.2) is 30.3 Å². The fourth-order valence-corrected chi connectivity index (χ4v) is 2.34. The van der Waals surface area contributed by atoms with Gasteiger partial charge in [0.2, 0.25) is 9.05 Å². The highest BCUT2D eigenvalue weighted by Gasteiger charge is 2.24. The molecule has 1 amide bonds. The van der Waals surface area contributed by atoms with Gasteiger partial charge in [-0.05, 0) is 12.0 Å². The van der Waals surface area contributed by atoms with Crippen molar-refractivity contribution in [3.8, 4) is 0 Å². The molecule has 0 unspecified atom stereocenters. The lowest BCUT2D eigenvalue weighted by Crippen LogP contribution is -2.42. The number of carbonyl (C=O) groups excluding carboxylic acids is 2. The van der Waals surface area contributed by atoms with Gasteiger partial charge in [0.15, 0.2) is 0 Å². The zero-order valence-electron chi connectivity index (χ0n) is 11.8. The summed E-state index contributed by atoms with van der Waals surface area (Å²) in [5.74, 6) is -1.26. The Balaban J connectivity index is 2.53. The summed E-state index contributed by atoms with van der Waals surface area (Å²) in [5, 5.41) is 2.25. The minimum atomic E-state index is -3.78. The van der Waals surface area contributed by atoms with Crippen LogP contribution in [0.1, 0.15) is 12.0 Å². The summed E-state index contributed by atoms with van der Waals surface area (Å²) >= 11 is 0. The molecule has 0 aliphatic carbocycles. The van der Waals surface area contributed by atoms with Crippen molar-refractivity contribution >= 4 is 31.8 Å². The molecule has 1 aromatic rings. The SMILES string of the molecule is COC(=O)[C@H](CCS(=O)(=O)Cl)NC(=O)OCc1ccccc1. The summed E-state index contributed by atoms with van der Waals surface area (Å²) in [5.41, 5.74) is 0.774. The van der Waals surface area contributed by atoms with E-state index in [1.807, 2.05) is 6.07 Å². The quantitative estimate of drug-likeness (QED) is 0.590. The first-order chi connectivity index (χ1) is 10.3. The highest BCUT2D eigenvalue weighted by Crippen LogP contribution is 2.05. The Morgan fingerprint density at radius 2 is 1.91 bits per heavy atom. The van der Waals surface area contributed by atoms with Crippen molar-refractivity contribution in [1.29, 1.82) is 0 Å². The first-order valence-electron chi connectivity index (χ1n) is 6.29. The number of hydrogen-bond donors (Lipinski definition) is 1. The molecule has 1 aromatic carbocycles. The maximum absolute atomic E-state index is 11.6.